The molecule has 1 aromatic rings. The topological polar surface area (TPSA) is 48.6 Å². The second kappa shape index (κ2) is 2.95. The molecular weight excluding hydrogens is 140 g/mol. The molecule has 0 saturated carbocycles. The van der Waals surface area contributed by atoms with Crippen molar-refractivity contribution in [1.29, 1.82) is 0 Å². The molecule has 0 saturated heterocycles. The molecule has 1 aromatic heterocycles. The van der Waals surface area contributed by atoms with Gasteiger partial charge in [0.1, 0.15) is 0 Å². The summed E-state index contributed by atoms with van der Waals surface area (Å²) in [5.41, 5.74) is 1.90. The lowest BCUT2D eigenvalue weighted by Crippen LogP contribution is -2.02. The van der Waals surface area contributed by atoms with Crippen LogP contribution in [0.1, 0.15) is 25.2 Å². The standard InChI is InChI=1S/C8H14N2O/c1-5(2)4-7-6(3)9-8(11)10-7/h5H,4H2,1-3H3,(H2,9,10,11). The molecule has 0 bridgehead atoms. The van der Waals surface area contributed by atoms with Gasteiger partial charge in [-0.1, -0.05) is 13.8 Å². The molecule has 0 fully saturated rings. The number of rotatable bonds is 2. The van der Waals surface area contributed by atoms with E-state index in [2.05, 4.69) is 23.8 Å². The van der Waals surface area contributed by atoms with Crippen LogP contribution in [0, 0.1) is 12.8 Å². The van der Waals surface area contributed by atoms with Gasteiger partial charge in [0.25, 0.3) is 0 Å². The van der Waals surface area contributed by atoms with Crippen LogP contribution in [-0.4, -0.2) is 9.97 Å². The Bertz CT molecular complexity index is 283. The molecular formula is C8H14N2O. The summed E-state index contributed by atoms with van der Waals surface area (Å²) in [5.74, 6) is 0.583. The van der Waals surface area contributed by atoms with Gasteiger partial charge in [0, 0.05) is 11.4 Å². The zero-order valence-electron chi connectivity index (χ0n) is 7.19. The van der Waals surface area contributed by atoms with E-state index in [0.717, 1.165) is 17.8 Å². The molecule has 2 N–H and O–H groups in total. The minimum absolute atomic E-state index is 0.0989. The van der Waals surface area contributed by atoms with Crippen molar-refractivity contribution in [2.24, 2.45) is 5.92 Å². The molecule has 3 nitrogen and oxygen atoms in total. The summed E-state index contributed by atoms with van der Waals surface area (Å²) in [6.07, 6.45) is 0.935. The van der Waals surface area contributed by atoms with E-state index in [4.69, 9.17) is 0 Å². The quantitative estimate of drug-likeness (QED) is 0.661. The minimum atomic E-state index is -0.0989. The highest BCUT2D eigenvalue weighted by atomic mass is 16.1. The molecule has 0 aromatic carbocycles. The van der Waals surface area contributed by atoms with Gasteiger partial charge >= 0.3 is 5.69 Å². The maximum absolute atomic E-state index is 10.8. The van der Waals surface area contributed by atoms with Crippen molar-refractivity contribution in [3.63, 3.8) is 0 Å². The summed E-state index contributed by atoms with van der Waals surface area (Å²) in [7, 11) is 0. The maximum atomic E-state index is 10.8. The van der Waals surface area contributed by atoms with Crippen molar-refractivity contribution in [3.8, 4) is 0 Å². The Hall–Kier alpha value is -0.990. The third-order valence-corrected chi connectivity index (χ3v) is 1.63. The monoisotopic (exact) mass is 154 g/mol. The van der Waals surface area contributed by atoms with E-state index in [0.29, 0.717) is 5.92 Å². The molecule has 0 aliphatic rings. The van der Waals surface area contributed by atoms with Gasteiger partial charge in [-0.15, -0.1) is 0 Å². The van der Waals surface area contributed by atoms with Gasteiger partial charge in [-0.3, -0.25) is 0 Å². The van der Waals surface area contributed by atoms with E-state index in [9.17, 15) is 4.79 Å². The highest BCUT2D eigenvalue weighted by molar-refractivity contribution is 5.08. The van der Waals surface area contributed by atoms with Crippen LogP contribution in [0.5, 0.6) is 0 Å². The van der Waals surface area contributed by atoms with Crippen LogP contribution in [0.3, 0.4) is 0 Å². The fourth-order valence-electron chi connectivity index (χ4n) is 1.12. The smallest absolute Gasteiger partial charge is 0.310 e. The Morgan fingerprint density at radius 3 is 2.36 bits per heavy atom. The number of hydrogen-bond acceptors (Lipinski definition) is 1. The average Bonchev–Trinajstić information content (AvgIpc) is 2.09. The Kier molecular flexibility index (Phi) is 2.17. The molecule has 0 radical (unpaired) electrons. The Morgan fingerprint density at radius 2 is 2.00 bits per heavy atom. The third-order valence-electron chi connectivity index (χ3n) is 1.63. The Morgan fingerprint density at radius 1 is 1.36 bits per heavy atom. The largest absolute Gasteiger partial charge is 0.323 e. The van der Waals surface area contributed by atoms with E-state index < -0.39 is 0 Å². The fraction of sp³-hybridized carbons (Fsp3) is 0.625. The second-order valence-electron chi connectivity index (χ2n) is 3.28. The van der Waals surface area contributed by atoms with Gasteiger partial charge in [-0.25, -0.2) is 4.79 Å². The molecule has 3 heteroatoms. The van der Waals surface area contributed by atoms with E-state index in [1.807, 2.05) is 6.92 Å². The second-order valence-corrected chi connectivity index (χ2v) is 3.28. The molecule has 0 aliphatic carbocycles. The normalized spacial score (nSPS) is 10.9. The van der Waals surface area contributed by atoms with Gasteiger partial charge in [0.05, 0.1) is 0 Å². The number of aromatic amines is 2. The Balaban J connectivity index is 2.86. The van der Waals surface area contributed by atoms with Gasteiger partial charge in [0.15, 0.2) is 0 Å². The van der Waals surface area contributed by atoms with Crippen LogP contribution < -0.4 is 5.69 Å². The van der Waals surface area contributed by atoms with Gasteiger partial charge in [0.2, 0.25) is 0 Å². The number of aryl methyl sites for hydroxylation is 1. The van der Waals surface area contributed by atoms with E-state index in [-0.39, 0.29) is 5.69 Å². The van der Waals surface area contributed by atoms with Crippen molar-refractivity contribution in [2.75, 3.05) is 0 Å². The lowest BCUT2D eigenvalue weighted by atomic mass is 10.1. The summed E-state index contributed by atoms with van der Waals surface area (Å²) in [5, 5.41) is 0. The van der Waals surface area contributed by atoms with Gasteiger partial charge in [-0.05, 0) is 19.3 Å². The van der Waals surface area contributed by atoms with Crippen LogP contribution in [0.25, 0.3) is 0 Å². The Labute approximate surface area is 65.8 Å². The third kappa shape index (κ3) is 1.97. The molecule has 1 heterocycles. The first-order chi connectivity index (χ1) is 5.09. The first kappa shape index (κ1) is 8.11. The van der Waals surface area contributed by atoms with Crippen LogP contribution in [0.2, 0.25) is 0 Å². The average molecular weight is 154 g/mol. The highest BCUT2D eigenvalue weighted by Gasteiger charge is 2.03. The van der Waals surface area contributed by atoms with Crippen molar-refractivity contribution < 1.29 is 0 Å². The number of H-pyrrole nitrogens is 2. The molecule has 0 unspecified atom stereocenters. The predicted molar refractivity (Wildman–Crippen MR) is 44.7 cm³/mol. The molecule has 0 aliphatic heterocycles. The SMILES string of the molecule is Cc1[nH]c(=O)[nH]c1CC(C)C. The van der Waals surface area contributed by atoms with Crippen molar-refractivity contribution in [2.45, 2.75) is 27.2 Å². The van der Waals surface area contributed by atoms with Crippen LogP contribution in [0.15, 0.2) is 4.79 Å². The maximum Gasteiger partial charge on any atom is 0.323 e. The van der Waals surface area contributed by atoms with Crippen LogP contribution in [-0.2, 0) is 6.42 Å². The summed E-state index contributed by atoms with van der Waals surface area (Å²) in [4.78, 5) is 16.2. The number of hydrogen-bond donors (Lipinski definition) is 2. The zero-order valence-corrected chi connectivity index (χ0v) is 7.19. The first-order valence-electron chi connectivity index (χ1n) is 3.87. The first-order valence-corrected chi connectivity index (χ1v) is 3.87. The molecule has 1 rings (SSSR count). The number of aromatic nitrogens is 2. The highest BCUT2D eigenvalue weighted by Crippen LogP contribution is 2.05. The van der Waals surface area contributed by atoms with Crippen LogP contribution >= 0.6 is 0 Å². The molecule has 0 amide bonds. The van der Waals surface area contributed by atoms with E-state index >= 15 is 0 Å². The van der Waals surface area contributed by atoms with Gasteiger partial charge in [-0.2, -0.15) is 0 Å². The predicted octanol–water partition coefficient (Wildman–Crippen LogP) is 1.21. The molecule has 0 atom stereocenters. The van der Waals surface area contributed by atoms with Crippen molar-refractivity contribution in [3.05, 3.63) is 21.9 Å². The summed E-state index contributed by atoms with van der Waals surface area (Å²) in [6, 6.07) is 0. The van der Waals surface area contributed by atoms with E-state index in [1.54, 1.807) is 0 Å². The molecule has 62 valence electrons. The number of imidazole rings is 1. The number of nitrogens with one attached hydrogen (secondary N) is 2. The lowest BCUT2D eigenvalue weighted by molar-refractivity contribution is 0.634. The lowest BCUT2D eigenvalue weighted by Gasteiger charge is -2.01. The van der Waals surface area contributed by atoms with E-state index in [1.165, 1.54) is 0 Å². The zero-order chi connectivity index (χ0) is 8.43. The summed E-state index contributed by atoms with van der Waals surface area (Å²) >= 11 is 0. The molecule has 11 heavy (non-hydrogen) atoms. The van der Waals surface area contributed by atoms with Crippen molar-refractivity contribution in [1.82, 2.24) is 9.97 Å². The summed E-state index contributed by atoms with van der Waals surface area (Å²) < 4.78 is 0. The fourth-order valence-corrected chi connectivity index (χ4v) is 1.12. The van der Waals surface area contributed by atoms with Gasteiger partial charge < -0.3 is 9.97 Å². The van der Waals surface area contributed by atoms with Crippen molar-refractivity contribution >= 4 is 0 Å². The van der Waals surface area contributed by atoms with Crippen LogP contribution in [0.4, 0.5) is 0 Å². The summed E-state index contributed by atoms with van der Waals surface area (Å²) in [6.45, 7) is 6.17. The molecule has 0 spiro atoms. The minimum Gasteiger partial charge on any atom is -0.310 e.